The van der Waals surface area contributed by atoms with Gasteiger partial charge in [-0.3, -0.25) is 0 Å². The van der Waals surface area contributed by atoms with Crippen molar-refractivity contribution in [3.63, 3.8) is 0 Å². The molecule has 0 atom stereocenters. The Hall–Kier alpha value is -0.990. The predicted octanol–water partition coefficient (Wildman–Crippen LogP) is 2.15. The molecule has 15 heavy (non-hydrogen) atoms. The summed E-state index contributed by atoms with van der Waals surface area (Å²) in [5.41, 5.74) is 0. The number of hydrogen-bond acceptors (Lipinski definition) is 7. The van der Waals surface area contributed by atoms with Crippen LogP contribution in [0, 0.1) is 6.92 Å². The molecule has 0 aliphatic rings. The summed E-state index contributed by atoms with van der Waals surface area (Å²) in [5, 5.41) is 17.4. The highest BCUT2D eigenvalue weighted by Crippen LogP contribution is 2.32. The van der Waals surface area contributed by atoms with Gasteiger partial charge in [0.2, 0.25) is 0 Å². The normalized spacial score (nSPS) is 10.5. The number of carboxylic acid groups (broad SMARTS) is 1. The van der Waals surface area contributed by atoms with Gasteiger partial charge in [-0.05, 0) is 18.7 Å². The number of carbonyl (C=O) groups is 1. The first-order chi connectivity index (χ1) is 7.15. The highest BCUT2D eigenvalue weighted by molar-refractivity contribution is 8.02. The molecule has 2 rings (SSSR count). The van der Waals surface area contributed by atoms with E-state index in [0.717, 1.165) is 20.7 Å². The molecule has 2 aromatic heterocycles. The van der Waals surface area contributed by atoms with Gasteiger partial charge < -0.3 is 5.11 Å². The summed E-state index contributed by atoms with van der Waals surface area (Å²) in [7, 11) is 0. The van der Waals surface area contributed by atoms with E-state index in [2.05, 4.69) is 15.2 Å². The molecule has 0 bridgehead atoms. The molecule has 1 N–H and O–H groups in total. The standard InChI is InChI=1S/C7H5N3O2S3/c1-3-9-10-7(13-3)15-6-8-2-4(14-6)5(11)12/h2H,1H3,(H,11,12). The summed E-state index contributed by atoms with van der Waals surface area (Å²) in [6, 6.07) is 0. The molecule has 0 fully saturated rings. The highest BCUT2D eigenvalue weighted by Gasteiger charge is 2.11. The second-order valence-corrected chi connectivity index (χ2v) is 6.19. The molecule has 8 heteroatoms. The van der Waals surface area contributed by atoms with Gasteiger partial charge in [-0.1, -0.05) is 11.3 Å². The lowest BCUT2D eigenvalue weighted by molar-refractivity contribution is 0.0702. The Balaban J connectivity index is 2.14. The number of hydrogen-bond donors (Lipinski definition) is 1. The number of thiazole rings is 1. The van der Waals surface area contributed by atoms with E-state index in [1.165, 1.54) is 29.3 Å². The first-order valence-corrected chi connectivity index (χ1v) is 6.27. The van der Waals surface area contributed by atoms with E-state index in [1.54, 1.807) is 0 Å². The smallest absolute Gasteiger partial charge is 0.347 e. The molecular weight excluding hydrogens is 254 g/mol. The van der Waals surface area contributed by atoms with Crippen LogP contribution in [0.2, 0.25) is 0 Å². The summed E-state index contributed by atoms with van der Waals surface area (Å²) in [6.45, 7) is 1.87. The van der Waals surface area contributed by atoms with Crippen LogP contribution in [0.3, 0.4) is 0 Å². The quantitative estimate of drug-likeness (QED) is 0.910. The van der Waals surface area contributed by atoms with Crippen molar-refractivity contribution >= 4 is 40.4 Å². The summed E-state index contributed by atoms with van der Waals surface area (Å²) in [6.07, 6.45) is 1.35. The molecule has 0 aromatic carbocycles. The van der Waals surface area contributed by atoms with Crippen molar-refractivity contribution in [1.82, 2.24) is 15.2 Å². The summed E-state index contributed by atoms with van der Waals surface area (Å²) in [4.78, 5) is 14.8. The first kappa shape index (κ1) is 10.5. The van der Waals surface area contributed by atoms with Gasteiger partial charge in [0.25, 0.3) is 0 Å². The Bertz CT molecular complexity index is 493. The van der Waals surface area contributed by atoms with E-state index >= 15 is 0 Å². The molecule has 0 unspecified atom stereocenters. The van der Waals surface area contributed by atoms with Crippen LogP contribution in [0.1, 0.15) is 14.7 Å². The Morgan fingerprint density at radius 3 is 2.73 bits per heavy atom. The highest BCUT2D eigenvalue weighted by atomic mass is 32.2. The van der Waals surface area contributed by atoms with Crippen molar-refractivity contribution < 1.29 is 9.90 Å². The van der Waals surface area contributed by atoms with E-state index < -0.39 is 5.97 Å². The molecule has 2 aromatic rings. The van der Waals surface area contributed by atoms with Crippen LogP contribution in [0.4, 0.5) is 0 Å². The average Bonchev–Trinajstić information content (AvgIpc) is 2.76. The number of aromatic nitrogens is 3. The Morgan fingerprint density at radius 1 is 1.40 bits per heavy atom. The molecule has 0 spiro atoms. The summed E-state index contributed by atoms with van der Waals surface area (Å²) >= 11 is 3.93. The minimum Gasteiger partial charge on any atom is -0.477 e. The van der Waals surface area contributed by atoms with Gasteiger partial charge in [-0.2, -0.15) is 0 Å². The lowest BCUT2D eigenvalue weighted by Gasteiger charge is -1.86. The van der Waals surface area contributed by atoms with Gasteiger partial charge in [0.15, 0.2) is 8.68 Å². The van der Waals surface area contributed by atoms with Crippen molar-refractivity contribution in [2.45, 2.75) is 15.6 Å². The monoisotopic (exact) mass is 259 g/mol. The molecule has 78 valence electrons. The molecule has 0 amide bonds. The maximum absolute atomic E-state index is 10.6. The van der Waals surface area contributed by atoms with Crippen molar-refractivity contribution in [3.8, 4) is 0 Å². The van der Waals surface area contributed by atoms with Gasteiger partial charge in [0.1, 0.15) is 9.88 Å². The lowest BCUT2D eigenvalue weighted by Crippen LogP contribution is -1.89. The number of aromatic carboxylic acids is 1. The van der Waals surface area contributed by atoms with Gasteiger partial charge in [0, 0.05) is 0 Å². The molecule has 0 aliphatic heterocycles. The van der Waals surface area contributed by atoms with Crippen LogP contribution in [0.5, 0.6) is 0 Å². The summed E-state index contributed by atoms with van der Waals surface area (Å²) < 4.78 is 1.45. The maximum Gasteiger partial charge on any atom is 0.347 e. The van der Waals surface area contributed by atoms with Gasteiger partial charge in [0.05, 0.1) is 6.20 Å². The van der Waals surface area contributed by atoms with E-state index in [-0.39, 0.29) is 4.88 Å². The third-order valence-electron chi connectivity index (χ3n) is 1.38. The maximum atomic E-state index is 10.6. The van der Waals surface area contributed by atoms with E-state index in [1.807, 2.05) is 6.92 Å². The molecule has 5 nitrogen and oxygen atoms in total. The third-order valence-corrected chi connectivity index (χ3v) is 4.33. The predicted molar refractivity (Wildman–Crippen MR) is 57.8 cm³/mol. The van der Waals surface area contributed by atoms with Gasteiger partial charge in [-0.25, -0.2) is 9.78 Å². The third kappa shape index (κ3) is 2.52. The Morgan fingerprint density at radius 2 is 2.20 bits per heavy atom. The van der Waals surface area contributed by atoms with Crippen LogP contribution in [0.25, 0.3) is 0 Å². The van der Waals surface area contributed by atoms with Gasteiger partial charge in [-0.15, -0.1) is 21.5 Å². The van der Waals surface area contributed by atoms with Crippen LogP contribution in [-0.4, -0.2) is 26.3 Å². The van der Waals surface area contributed by atoms with Gasteiger partial charge >= 0.3 is 5.97 Å². The van der Waals surface area contributed by atoms with E-state index in [4.69, 9.17) is 5.11 Å². The largest absolute Gasteiger partial charge is 0.477 e. The van der Waals surface area contributed by atoms with Crippen LogP contribution >= 0.6 is 34.4 Å². The fourth-order valence-electron chi connectivity index (χ4n) is 0.799. The zero-order valence-electron chi connectivity index (χ0n) is 7.50. The minimum atomic E-state index is -0.951. The molecule has 2 heterocycles. The van der Waals surface area contributed by atoms with E-state index in [9.17, 15) is 4.79 Å². The fourth-order valence-corrected chi connectivity index (χ4v) is 3.63. The van der Waals surface area contributed by atoms with Crippen LogP contribution in [-0.2, 0) is 0 Å². The average molecular weight is 259 g/mol. The topological polar surface area (TPSA) is 76.0 Å². The van der Waals surface area contributed by atoms with Crippen LogP contribution in [0.15, 0.2) is 14.9 Å². The first-order valence-electron chi connectivity index (χ1n) is 3.82. The van der Waals surface area contributed by atoms with Crippen molar-refractivity contribution in [1.29, 1.82) is 0 Å². The Kier molecular flexibility index (Phi) is 2.98. The zero-order chi connectivity index (χ0) is 10.8. The van der Waals surface area contributed by atoms with Crippen molar-refractivity contribution in [3.05, 3.63) is 16.1 Å². The molecule has 0 radical (unpaired) electrons. The molecular formula is C7H5N3O2S3. The second-order valence-electron chi connectivity index (χ2n) is 2.48. The molecule has 0 aliphatic carbocycles. The zero-order valence-corrected chi connectivity index (χ0v) is 9.95. The van der Waals surface area contributed by atoms with Crippen molar-refractivity contribution in [2.75, 3.05) is 0 Å². The molecule has 0 saturated carbocycles. The lowest BCUT2D eigenvalue weighted by atomic mass is 10.6. The SMILES string of the molecule is Cc1nnc(Sc2ncc(C(=O)O)s2)s1. The molecule has 0 saturated heterocycles. The number of aryl methyl sites for hydroxylation is 1. The minimum absolute atomic E-state index is 0.235. The second kappa shape index (κ2) is 4.25. The fraction of sp³-hybridized carbons (Fsp3) is 0.143. The number of nitrogens with zero attached hydrogens (tertiary/aromatic N) is 3. The van der Waals surface area contributed by atoms with E-state index in [0.29, 0.717) is 4.34 Å². The summed E-state index contributed by atoms with van der Waals surface area (Å²) in [5.74, 6) is -0.951. The van der Waals surface area contributed by atoms with Crippen LogP contribution < -0.4 is 0 Å². The number of carboxylic acids is 1. The number of rotatable bonds is 3. The Labute approximate surface area is 97.2 Å². The van der Waals surface area contributed by atoms with Crippen molar-refractivity contribution in [2.24, 2.45) is 0 Å².